The predicted octanol–water partition coefficient (Wildman–Crippen LogP) is 3.11. The first-order valence-electron chi connectivity index (χ1n) is 5.18. The van der Waals surface area contributed by atoms with E-state index in [1.807, 2.05) is 0 Å². The maximum Gasteiger partial charge on any atom is 0.126 e. The van der Waals surface area contributed by atoms with Gasteiger partial charge in [-0.2, -0.15) is 0 Å². The molecule has 0 unspecified atom stereocenters. The van der Waals surface area contributed by atoms with Gasteiger partial charge in [0.15, 0.2) is 0 Å². The van der Waals surface area contributed by atoms with E-state index in [2.05, 4.69) is 5.16 Å². The van der Waals surface area contributed by atoms with Gasteiger partial charge in [0, 0.05) is 5.56 Å². The fourth-order valence-electron chi connectivity index (χ4n) is 1.58. The molecule has 1 saturated carbocycles. The summed E-state index contributed by atoms with van der Waals surface area (Å²) in [4.78, 5) is 0. The average molecular weight is 207 g/mol. The van der Waals surface area contributed by atoms with Crippen molar-refractivity contribution in [1.82, 2.24) is 0 Å². The minimum absolute atomic E-state index is 0.246. The molecule has 1 N–H and O–H groups in total. The molecule has 0 atom stereocenters. The van der Waals surface area contributed by atoms with Crippen LogP contribution in [0.15, 0.2) is 23.4 Å². The second-order valence-electron chi connectivity index (χ2n) is 4.16. The van der Waals surface area contributed by atoms with Crippen molar-refractivity contribution < 1.29 is 9.60 Å². The third kappa shape index (κ3) is 2.35. The standard InChI is InChI=1S/C12H14FNO/c1-8-2-5-10(7-11(8)13)12(14-15)6-9-3-4-9/h2,5,7,9,15H,3-4,6H2,1H3. The van der Waals surface area contributed by atoms with E-state index in [4.69, 9.17) is 5.21 Å². The molecule has 0 aromatic heterocycles. The molecule has 15 heavy (non-hydrogen) atoms. The molecule has 1 aliphatic rings. The molecule has 1 aliphatic carbocycles. The van der Waals surface area contributed by atoms with E-state index in [0.29, 0.717) is 22.8 Å². The summed E-state index contributed by atoms with van der Waals surface area (Å²) in [6.45, 7) is 1.72. The topological polar surface area (TPSA) is 32.6 Å². The normalized spacial score (nSPS) is 16.8. The summed E-state index contributed by atoms with van der Waals surface area (Å²) in [7, 11) is 0. The zero-order valence-corrected chi connectivity index (χ0v) is 8.70. The van der Waals surface area contributed by atoms with Crippen LogP contribution in [0, 0.1) is 18.7 Å². The highest BCUT2D eigenvalue weighted by molar-refractivity contribution is 6.00. The molecule has 80 valence electrons. The SMILES string of the molecule is Cc1ccc(C(CC2CC2)=NO)cc1F. The van der Waals surface area contributed by atoms with Crippen LogP contribution in [0.3, 0.4) is 0 Å². The maximum absolute atomic E-state index is 13.3. The van der Waals surface area contributed by atoms with Crippen LogP contribution in [0.25, 0.3) is 0 Å². The van der Waals surface area contributed by atoms with Crippen molar-refractivity contribution in [2.24, 2.45) is 11.1 Å². The van der Waals surface area contributed by atoms with Crippen LogP contribution in [-0.2, 0) is 0 Å². The molecule has 1 aromatic rings. The van der Waals surface area contributed by atoms with Crippen LogP contribution in [0.2, 0.25) is 0 Å². The number of nitrogens with zero attached hydrogens (tertiary/aromatic N) is 1. The molecule has 1 aromatic carbocycles. The van der Waals surface area contributed by atoms with Gasteiger partial charge < -0.3 is 5.21 Å². The molecule has 0 amide bonds. The van der Waals surface area contributed by atoms with Crippen molar-refractivity contribution in [3.63, 3.8) is 0 Å². The second-order valence-corrected chi connectivity index (χ2v) is 4.16. The fraction of sp³-hybridized carbons (Fsp3) is 0.417. The van der Waals surface area contributed by atoms with Gasteiger partial charge >= 0.3 is 0 Å². The van der Waals surface area contributed by atoms with Crippen molar-refractivity contribution in [3.8, 4) is 0 Å². The minimum atomic E-state index is -0.246. The van der Waals surface area contributed by atoms with Crippen LogP contribution >= 0.6 is 0 Å². The molecular formula is C12H14FNO. The van der Waals surface area contributed by atoms with Crippen molar-refractivity contribution >= 4 is 5.71 Å². The third-order valence-corrected chi connectivity index (χ3v) is 2.80. The van der Waals surface area contributed by atoms with E-state index in [-0.39, 0.29) is 5.82 Å². The summed E-state index contributed by atoms with van der Waals surface area (Å²) in [5.41, 5.74) is 1.89. The van der Waals surface area contributed by atoms with Crippen molar-refractivity contribution in [2.75, 3.05) is 0 Å². The van der Waals surface area contributed by atoms with Crippen LogP contribution in [0.5, 0.6) is 0 Å². The largest absolute Gasteiger partial charge is 0.411 e. The quantitative estimate of drug-likeness (QED) is 0.461. The Bertz CT molecular complexity index is 397. The minimum Gasteiger partial charge on any atom is -0.411 e. The first-order valence-corrected chi connectivity index (χ1v) is 5.18. The van der Waals surface area contributed by atoms with Crippen LogP contribution < -0.4 is 0 Å². The van der Waals surface area contributed by atoms with Gasteiger partial charge in [-0.3, -0.25) is 0 Å². The zero-order chi connectivity index (χ0) is 10.8. The molecule has 0 radical (unpaired) electrons. The highest BCUT2D eigenvalue weighted by atomic mass is 19.1. The summed E-state index contributed by atoms with van der Waals surface area (Å²) in [6, 6.07) is 4.95. The first-order chi connectivity index (χ1) is 7.20. The number of benzene rings is 1. The smallest absolute Gasteiger partial charge is 0.126 e. The molecular weight excluding hydrogens is 193 g/mol. The molecule has 0 heterocycles. The van der Waals surface area contributed by atoms with E-state index in [1.165, 1.54) is 18.9 Å². The number of hydrogen-bond donors (Lipinski definition) is 1. The van der Waals surface area contributed by atoms with E-state index >= 15 is 0 Å². The van der Waals surface area contributed by atoms with Crippen LogP contribution in [0.1, 0.15) is 30.4 Å². The Morgan fingerprint density at radius 3 is 2.80 bits per heavy atom. The fourth-order valence-corrected chi connectivity index (χ4v) is 1.58. The lowest BCUT2D eigenvalue weighted by Gasteiger charge is -2.04. The van der Waals surface area contributed by atoms with Gasteiger partial charge in [0.1, 0.15) is 5.82 Å². The summed E-state index contributed by atoms with van der Waals surface area (Å²) in [5.74, 6) is 0.379. The second kappa shape index (κ2) is 4.01. The number of oxime groups is 1. The lowest BCUT2D eigenvalue weighted by atomic mass is 10.0. The Balaban J connectivity index is 2.22. The van der Waals surface area contributed by atoms with E-state index < -0.39 is 0 Å². The zero-order valence-electron chi connectivity index (χ0n) is 8.70. The van der Waals surface area contributed by atoms with Gasteiger partial charge in [0.25, 0.3) is 0 Å². The molecule has 0 saturated heterocycles. The molecule has 3 heteroatoms. The van der Waals surface area contributed by atoms with Gasteiger partial charge in [-0.05, 0) is 43.7 Å². The third-order valence-electron chi connectivity index (χ3n) is 2.80. The van der Waals surface area contributed by atoms with E-state index in [1.54, 1.807) is 19.1 Å². The van der Waals surface area contributed by atoms with Crippen LogP contribution in [0.4, 0.5) is 4.39 Å². The maximum atomic E-state index is 13.3. The number of halogens is 1. The van der Waals surface area contributed by atoms with Gasteiger partial charge in [0.05, 0.1) is 5.71 Å². The summed E-state index contributed by atoms with van der Waals surface area (Å²) in [5, 5.41) is 12.1. The Labute approximate surface area is 88.4 Å². The Hall–Kier alpha value is -1.38. The summed E-state index contributed by atoms with van der Waals surface area (Å²) < 4.78 is 13.3. The number of hydrogen-bond acceptors (Lipinski definition) is 2. The number of aryl methyl sites for hydroxylation is 1. The molecule has 0 aliphatic heterocycles. The first kappa shape index (κ1) is 10.1. The Morgan fingerprint density at radius 1 is 1.53 bits per heavy atom. The monoisotopic (exact) mass is 207 g/mol. The summed E-state index contributed by atoms with van der Waals surface area (Å²) >= 11 is 0. The molecule has 0 spiro atoms. The highest BCUT2D eigenvalue weighted by Gasteiger charge is 2.24. The molecule has 1 fully saturated rings. The van der Waals surface area contributed by atoms with Crippen molar-refractivity contribution in [2.45, 2.75) is 26.2 Å². The lowest BCUT2D eigenvalue weighted by Crippen LogP contribution is -2.03. The number of rotatable bonds is 3. The molecule has 2 nitrogen and oxygen atoms in total. The van der Waals surface area contributed by atoms with E-state index in [0.717, 1.165) is 6.42 Å². The van der Waals surface area contributed by atoms with Gasteiger partial charge in [0.2, 0.25) is 0 Å². The van der Waals surface area contributed by atoms with Gasteiger partial charge in [-0.25, -0.2) is 4.39 Å². The van der Waals surface area contributed by atoms with Crippen LogP contribution in [-0.4, -0.2) is 10.9 Å². The van der Waals surface area contributed by atoms with E-state index in [9.17, 15) is 4.39 Å². The van der Waals surface area contributed by atoms with Gasteiger partial charge in [-0.15, -0.1) is 0 Å². The summed E-state index contributed by atoms with van der Waals surface area (Å²) in [6.07, 6.45) is 3.12. The van der Waals surface area contributed by atoms with Crippen molar-refractivity contribution in [3.05, 3.63) is 35.1 Å². The van der Waals surface area contributed by atoms with Gasteiger partial charge in [-0.1, -0.05) is 17.3 Å². The molecule has 2 rings (SSSR count). The lowest BCUT2D eigenvalue weighted by molar-refractivity contribution is 0.317. The van der Waals surface area contributed by atoms with Crippen molar-refractivity contribution in [1.29, 1.82) is 0 Å². The molecule has 0 bridgehead atoms. The average Bonchev–Trinajstić information content (AvgIpc) is 3.02. The highest BCUT2D eigenvalue weighted by Crippen LogP contribution is 2.33. The Kier molecular flexibility index (Phi) is 2.71. The predicted molar refractivity (Wildman–Crippen MR) is 56.8 cm³/mol. The Morgan fingerprint density at radius 2 is 2.27 bits per heavy atom.